The normalized spacial score (nSPS) is 12.5. The highest BCUT2D eigenvalue weighted by molar-refractivity contribution is 5.78. The largest absolute Gasteiger partial charge is 0.370 e. The highest BCUT2D eigenvalue weighted by atomic mass is 15.1. The molecule has 0 heterocycles. The van der Waals surface area contributed by atoms with Gasteiger partial charge in [0, 0.05) is 12.6 Å². The second kappa shape index (κ2) is 8.53. The van der Waals surface area contributed by atoms with Crippen molar-refractivity contribution in [2.24, 2.45) is 10.7 Å². The number of hydrogen-bond donors (Lipinski definition) is 2. The highest BCUT2D eigenvalue weighted by Crippen LogP contribution is 1.91. The van der Waals surface area contributed by atoms with Crippen LogP contribution >= 0.6 is 0 Å². The Morgan fingerprint density at radius 3 is 2.60 bits per heavy atom. The van der Waals surface area contributed by atoms with Gasteiger partial charge < -0.3 is 16.0 Å². The summed E-state index contributed by atoms with van der Waals surface area (Å²) >= 11 is 0. The van der Waals surface area contributed by atoms with Crippen LogP contribution in [0.5, 0.6) is 0 Å². The Balaban J connectivity index is 3.57. The summed E-state index contributed by atoms with van der Waals surface area (Å²) in [5.41, 5.74) is 5.68. The molecule has 15 heavy (non-hydrogen) atoms. The second-order valence-electron chi connectivity index (χ2n) is 4.22. The lowest BCUT2D eigenvalue weighted by Gasteiger charge is -2.15. The molecule has 4 nitrogen and oxygen atoms in total. The Morgan fingerprint density at radius 2 is 2.07 bits per heavy atom. The van der Waals surface area contributed by atoms with Crippen LogP contribution in [0.2, 0.25) is 0 Å². The van der Waals surface area contributed by atoms with Gasteiger partial charge in [0.15, 0.2) is 5.96 Å². The van der Waals surface area contributed by atoms with Gasteiger partial charge in [-0.3, -0.25) is 4.99 Å². The molecule has 0 fully saturated rings. The summed E-state index contributed by atoms with van der Waals surface area (Å²) < 4.78 is 0. The Morgan fingerprint density at radius 1 is 1.40 bits per heavy atom. The van der Waals surface area contributed by atoms with E-state index in [1.807, 2.05) is 0 Å². The van der Waals surface area contributed by atoms with Gasteiger partial charge in [-0.05, 0) is 33.9 Å². The maximum Gasteiger partial charge on any atom is 0.188 e. The number of hydrogen-bond acceptors (Lipinski definition) is 2. The third kappa shape index (κ3) is 9.53. The standard InChI is InChI=1S/C11H26N4/c1-5-6-8-15(4)9-7-13-11(12)14-10(2)3/h10H,5-9H2,1-4H3,(H3,12,13,14). The van der Waals surface area contributed by atoms with E-state index < -0.39 is 0 Å². The SMILES string of the molecule is CCCCN(C)CCN=C(N)NC(C)C. The molecule has 0 bridgehead atoms. The zero-order chi connectivity index (χ0) is 11.7. The first kappa shape index (κ1) is 14.2. The van der Waals surface area contributed by atoms with Gasteiger partial charge in [0.05, 0.1) is 6.54 Å². The van der Waals surface area contributed by atoms with Gasteiger partial charge in [-0.1, -0.05) is 13.3 Å². The minimum Gasteiger partial charge on any atom is -0.370 e. The average Bonchev–Trinajstić information content (AvgIpc) is 2.13. The van der Waals surface area contributed by atoms with E-state index in [0.717, 1.165) is 19.6 Å². The van der Waals surface area contributed by atoms with E-state index in [2.05, 4.69) is 43.0 Å². The number of aliphatic imine (C=N–C) groups is 1. The number of unbranched alkanes of at least 4 members (excludes halogenated alkanes) is 1. The molecule has 0 aliphatic carbocycles. The first-order valence-corrected chi connectivity index (χ1v) is 5.81. The molecule has 0 spiro atoms. The van der Waals surface area contributed by atoms with Crippen molar-refractivity contribution in [1.29, 1.82) is 0 Å². The lowest BCUT2D eigenvalue weighted by molar-refractivity contribution is 0.337. The van der Waals surface area contributed by atoms with E-state index >= 15 is 0 Å². The van der Waals surface area contributed by atoms with Gasteiger partial charge >= 0.3 is 0 Å². The van der Waals surface area contributed by atoms with Crippen molar-refractivity contribution in [1.82, 2.24) is 10.2 Å². The van der Waals surface area contributed by atoms with Crippen LogP contribution in [0.3, 0.4) is 0 Å². The Kier molecular flexibility index (Phi) is 8.09. The lowest BCUT2D eigenvalue weighted by Crippen LogP contribution is -2.37. The molecule has 0 rings (SSSR count). The fraction of sp³-hybridized carbons (Fsp3) is 0.909. The van der Waals surface area contributed by atoms with Gasteiger partial charge in [-0.25, -0.2) is 0 Å². The number of nitrogens with two attached hydrogens (primary N) is 1. The number of guanidine groups is 1. The maximum atomic E-state index is 5.68. The molecule has 0 radical (unpaired) electrons. The van der Waals surface area contributed by atoms with Gasteiger partial charge in [-0.15, -0.1) is 0 Å². The molecule has 0 aromatic carbocycles. The van der Waals surface area contributed by atoms with Crippen molar-refractivity contribution in [3.8, 4) is 0 Å². The Labute approximate surface area is 93.9 Å². The highest BCUT2D eigenvalue weighted by Gasteiger charge is 1.97. The molecule has 0 aromatic rings. The fourth-order valence-corrected chi connectivity index (χ4v) is 1.22. The van der Waals surface area contributed by atoms with Crippen molar-refractivity contribution >= 4 is 5.96 Å². The van der Waals surface area contributed by atoms with Crippen LogP contribution in [0, 0.1) is 0 Å². The minimum atomic E-state index is 0.353. The third-order valence-electron chi connectivity index (χ3n) is 2.09. The Hall–Kier alpha value is -0.770. The van der Waals surface area contributed by atoms with E-state index in [-0.39, 0.29) is 0 Å². The first-order chi connectivity index (χ1) is 7.06. The number of nitrogens with zero attached hydrogens (tertiary/aromatic N) is 2. The Bertz CT molecular complexity index is 177. The van der Waals surface area contributed by atoms with E-state index in [1.54, 1.807) is 0 Å². The van der Waals surface area contributed by atoms with Crippen molar-refractivity contribution in [2.75, 3.05) is 26.7 Å². The van der Waals surface area contributed by atoms with Crippen LogP contribution in [0.15, 0.2) is 4.99 Å². The summed E-state index contributed by atoms with van der Waals surface area (Å²) in [6, 6.07) is 0.353. The minimum absolute atomic E-state index is 0.353. The van der Waals surface area contributed by atoms with E-state index in [4.69, 9.17) is 5.73 Å². The summed E-state index contributed by atoms with van der Waals surface area (Å²) in [5.74, 6) is 0.550. The summed E-state index contributed by atoms with van der Waals surface area (Å²) in [6.07, 6.45) is 2.49. The molecular formula is C11H26N4. The third-order valence-corrected chi connectivity index (χ3v) is 2.09. The molecule has 0 saturated heterocycles. The molecule has 0 aromatic heterocycles. The lowest BCUT2D eigenvalue weighted by atomic mass is 10.3. The van der Waals surface area contributed by atoms with Gasteiger partial charge in [0.1, 0.15) is 0 Å². The maximum absolute atomic E-state index is 5.68. The second-order valence-corrected chi connectivity index (χ2v) is 4.22. The van der Waals surface area contributed by atoms with Crippen LogP contribution in [-0.2, 0) is 0 Å². The topological polar surface area (TPSA) is 53.6 Å². The van der Waals surface area contributed by atoms with Crippen molar-refractivity contribution < 1.29 is 0 Å². The molecule has 0 atom stereocenters. The van der Waals surface area contributed by atoms with Crippen LogP contribution in [0.1, 0.15) is 33.6 Å². The van der Waals surface area contributed by atoms with Crippen LogP contribution in [-0.4, -0.2) is 43.6 Å². The van der Waals surface area contributed by atoms with Gasteiger partial charge in [-0.2, -0.15) is 0 Å². The number of likely N-dealkylation sites (N-methyl/N-ethyl adjacent to an activating group) is 1. The zero-order valence-corrected chi connectivity index (χ0v) is 10.6. The van der Waals surface area contributed by atoms with E-state index in [9.17, 15) is 0 Å². The predicted octanol–water partition coefficient (Wildman–Crippen LogP) is 1.03. The summed E-state index contributed by atoms with van der Waals surface area (Å²) in [6.45, 7) is 9.19. The predicted molar refractivity (Wildman–Crippen MR) is 67.2 cm³/mol. The molecule has 0 amide bonds. The fourth-order valence-electron chi connectivity index (χ4n) is 1.22. The van der Waals surface area contributed by atoms with Crippen molar-refractivity contribution in [3.05, 3.63) is 0 Å². The molecule has 0 saturated carbocycles. The van der Waals surface area contributed by atoms with Gasteiger partial charge in [0.25, 0.3) is 0 Å². The number of rotatable bonds is 7. The van der Waals surface area contributed by atoms with Crippen molar-refractivity contribution in [2.45, 2.75) is 39.7 Å². The quantitative estimate of drug-likeness (QED) is 0.491. The van der Waals surface area contributed by atoms with E-state index in [0.29, 0.717) is 12.0 Å². The van der Waals surface area contributed by atoms with E-state index in [1.165, 1.54) is 12.8 Å². The van der Waals surface area contributed by atoms with Crippen LogP contribution in [0.4, 0.5) is 0 Å². The molecule has 0 unspecified atom stereocenters. The number of nitrogens with one attached hydrogen (secondary N) is 1. The molecular weight excluding hydrogens is 188 g/mol. The first-order valence-electron chi connectivity index (χ1n) is 5.81. The molecule has 4 heteroatoms. The average molecular weight is 214 g/mol. The molecule has 90 valence electrons. The summed E-state index contributed by atoms with van der Waals surface area (Å²) in [7, 11) is 2.12. The van der Waals surface area contributed by atoms with Crippen LogP contribution < -0.4 is 11.1 Å². The summed E-state index contributed by atoms with van der Waals surface area (Å²) in [5, 5.41) is 3.07. The zero-order valence-electron chi connectivity index (χ0n) is 10.6. The van der Waals surface area contributed by atoms with Crippen molar-refractivity contribution in [3.63, 3.8) is 0 Å². The van der Waals surface area contributed by atoms with Crippen LogP contribution in [0.25, 0.3) is 0 Å². The molecule has 3 N–H and O–H groups in total. The molecule has 0 aliphatic rings. The monoisotopic (exact) mass is 214 g/mol. The smallest absolute Gasteiger partial charge is 0.188 e. The summed E-state index contributed by atoms with van der Waals surface area (Å²) in [4.78, 5) is 6.54. The van der Waals surface area contributed by atoms with Gasteiger partial charge in [0.2, 0.25) is 0 Å². The molecule has 0 aliphatic heterocycles.